The van der Waals surface area contributed by atoms with Gasteiger partial charge < -0.3 is 20.0 Å². The van der Waals surface area contributed by atoms with Crippen LogP contribution in [0.25, 0.3) is 0 Å². The third-order valence-electron chi connectivity index (χ3n) is 2.73. The monoisotopic (exact) mass is 372 g/mol. The third-order valence-corrected chi connectivity index (χ3v) is 3.49. The minimum absolute atomic E-state index is 0.0216. The summed E-state index contributed by atoms with van der Waals surface area (Å²) < 4.78 is 5.26. The molecule has 5 nitrogen and oxygen atoms in total. The van der Waals surface area contributed by atoms with E-state index in [1.54, 1.807) is 6.07 Å². The van der Waals surface area contributed by atoms with Gasteiger partial charge in [-0.3, -0.25) is 4.79 Å². The van der Waals surface area contributed by atoms with E-state index >= 15 is 0 Å². The van der Waals surface area contributed by atoms with Crippen LogP contribution in [0.4, 0.5) is 5.69 Å². The molecule has 0 fully saturated rings. The van der Waals surface area contributed by atoms with Gasteiger partial charge >= 0.3 is 0 Å². The van der Waals surface area contributed by atoms with Crippen LogP contribution < -0.4 is 15.2 Å². The number of rotatable bonds is 5. The van der Waals surface area contributed by atoms with Crippen molar-refractivity contribution < 1.29 is 19.4 Å². The number of anilines is 1. The Morgan fingerprint density at radius 1 is 1.04 bits per heavy atom. The van der Waals surface area contributed by atoms with Crippen LogP contribution in [0, 0.1) is 0 Å². The quantitative estimate of drug-likeness (QED) is 0.874. The third kappa shape index (κ3) is 4.76. The number of nitrogens with one attached hydrogen (secondary N) is 1. The van der Waals surface area contributed by atoms with Crippen LogP contribution in [0.1, 0.15) is 10.4 Å². The molecule has 2 aromatic carbocycles. The van der Waals surface area contributed by atoms with E-state index in [0.29, 0.717) is 5.02 Å². The SMILES string of the molecule is O=C(COc1ccc(Cl)cc1Cl)Nc1cc(Cl)ccc1C(=O)[O-]. The summed E-state index contributed by atoms with van der Waals surface area (Å²) in [5.41, 5.74) is -0.166. The Balaban J connectivity index is 2.05. The molecule has 1 amide bonds. The number of carboxylic acid groups (broad SMARTS) is 1. The zero-order valence-electron chi connectivity index (χ0n) is 11.4. The molecule has 0 aliphatic heterocycles. The standard InChI is InChI=1S/C15H10Cl3NO4/c16-8-2-4-13(11(18)5-8)23-7-14(20)19-12-6-9(17)1-3-10(12)15(21)22/h1-6H,7H2,(H,19,20)(H,21,22)/p-1. The highest BCUT2D eigenvalue weighted by molar-refractivity contribution is 6.35. The Bertz CT molecular complexity index is 764. The van der Waals surface area contributed by atoms with E-state index in [4.69, 9.17) is 39.5 Å². The van der Waals surface area contributed by atoms with Crippen LogP contribution in [0.5, 0.6) is 5.75 Å². The molecular formula is C15H9Cl3NO4-. The average molecular weight is 374 g/mol. The molecule has 2 aromatic rings. The maximum Gasteiger partial charge on any atom is 0.262 e. The average Bonchev–Trinajstić information content (AvgIpc) is 2.46. The molecule has 2 rings (SSSR count). The van der Waals surface area contributed by atoms with E-state index in [2.05, 4.69) is 5.32 Å². The van der Waals surface area contributed by atoms with Gasteiger partial charge in [-0.15, -0.1) is 0 Å². The summed E-state index contributed by atoms with van der Waals surface area (Å²) in [6.45, 7) is -0.375. The van der Waals surface area contributed by atoms with Crippen molar-refractivity contribution in [3.8, 4) is 5.75 Å². The number of amides is 1. The fourth-order valence-electron chi connectivity index (χ4n) is 1.72. The lowest BCUT2D eigenvalue weighted by Crippen LogP contribution is -2.26. The smallest absolute Gasteiger partial charge is 0.262 e. The first kappa shape index (κ1) is 17.4. The van der Waals surface area contributed by atoms with E-state index in [0.717, 1.165) is 0 Å². The molecule has 1 N–H and O–H groups in total. The molecule has 0 heterocycles. The van der Waals surface area contributed by atoms with E-state index in [-0.39, 0.29) is 33.7 Å². The largest absolute Gasteiger partial charge is 0.545 e. The lowest BCUT2D eigenvalue weighted by atomic mass is 10.2. The summed E-state index contributed by atoms with van der Waals surface area (Å²) in [5.74, 6) is -1.74. The van der Waals surface area contributed by atoms with Crippen molar-refractivity contribution in [2.24, 2.45) is 0 Å². The highest BCUT2D eigenvalue weighted by Crippen LogP contribution is 2.27. The van der Waals surface area contributed by atoms with Gasteiger partial charge in [-0.1, -0.05) is 34.8 Å². The first-order valence-electron chi connectivity index (χ1n) is 6.25. The zero-order valence-corrected chi connectivity index (χ0v) is 13.7. The van der Waals surface area contributed by atoms with Crippen LogP contribution in [-0.2, 0) is 4.79 Å². The number of aromatic carboxylic acids is 1. The van der Waals surface area contributed by atoms with Crippen LogP contribution in [0.3, 0.4) is 0 Å². The summed E-state index contributed by atoms with van der Waals surface area (Å²) in [6, 6.07) is 8.48. The van der Waals surface area contributed by atoms with Gasteiger partial charge in [0.2, 0.25) is 0 Å². The van der Waals surface area contributed by atoms with E-state index < -0.39 is 11.9 Å². The summed E-state index contributed by atoms with van der Waals surface area (Å²) in [7, 11) is 0. The topological polar surface area (TPSA) is 78.5 Å². The minimum Gasteiger partial charge on any atom is -0.545 e. The van der Waals surface area contributed by atoms with Gasteiger partial charge in [0.25, 0.3) is 5.91 Å². The van der Waals surface area contributed by atoms with Gasteiger partial charge in [-0.05, 0) is 36.4 Å². The number of hydrogen-bond acceptors (Lipinski definition) is 4. The molecular weight excluding hydrogens is 365 g/mol. The minimum atomic E-state index is -1.43. The fraction of sp³-hybridized carbons (Fsp3) is 0.0667. The second kappa shape index (κ2) is 7.55. The van der Waals surface area contributed by atoms with Gasteiger partial charge in [-0.2, -0.15) is 0 Å². The fourth-order valence-corrected chi connectivity index (χ4v) is 2.35. The Morgan fingerprint density at radius 2 is 1.70 bits per heavy atom. The van der Waals surface area contributed by atoms with Gasteiger partial charge in [-0.25, -0.2) is 0 Å². The number of benzene rings is 2. The first-order chi connectivity index (χ1) is 10.9. The predicted molar refractivity (Wildman–Crippen MR) is 86.4 cm³/mol. The molecule has 0 spiro atoms. The highest BCUT2D eigenvalue weighted by Gasteiger charge is 2.10. The van der Waals surface area contributed by atoms with Crippen LogP contribution in [0.15, 0.2) is 36.4 Å². The molecule has 0 bridgehead atoms. The number of carbonyl (C=O) groups is 2. The lowest BCUT2D eigenvalue weighted by Gasteiger charge is -2.13. The molecule has 23 heavy (non-hydrogen) atoms. The number of carboxylic acids is 1. The molecule has 120 valence electrons. The zero-order chi connectivity index (χ0) is 17.0. The Morgan fingerprint density at radius 3 is 2.35 bits per heavy atom. The molecule has 0 saturated carbocycles. The van der Waals surface area contributed by atoms with Crippen molar-refractivity contribution in [1.82, 2.24) is 0 Å². The second-order valence-electron chi connectivity index (χ2n) is 4.39. The van der Waals surface area contributed by atoms with Gasteiger partial charge in [0, 0.05) is 15.6 Å². The molecule has 0 radical (unpaired) electrons. The van der Waals surface area contributed by atoms with Crippen molar-refractivity contribution in [2.45, 2.75) is 0 Å². The molecule has 0 aliphatic rings. The van der Waals surface area contributed by atoms with Crippen molar-refractivity contribution >= 4 is 52.4 Å². The first-order valence-corrected chi connectivity index (χ1v) is 7.39. The molecule has 8 heteroatoms. The molecule has 0 aliphatic carbocycles. The number of hydrogen-bond donors (Lipinski definition) is 1. The second-order valence-corrected chi connectivity index (χ2v) is 5.67. The number of carbonyl (C=O) groups excluding carboxylic acids is 2. The summed E-state index contributed by atoms with van der Waals surface area (Å²) in [5, 5.41) is 14.4. The summed E-state index contributed by atoms with van der Waals surface area (Å²) >= 11 is 17.5. The number of halogens is 3. The van der Waals surface area contributed by atoms with Crippen LogP contribution in [0.2, 0.25) is 15.1 Å². The number of ether oxygens (including phenoxy) is 1. The molecule has 0 aromatic heterocycles. The van der Waals surface area contributed by atoms with Gasteiger partial charge in [0.1, 0.15) is 5.75 Å². The molecule has 0 atom stereocenters. The van der Waals surface area contributed by atoms with Crippen LogP contribution in [-0.4, -0.2) is 18.5 Å². The maximum atomic E-state index is 11.9. The normalized spacial score (nSPS) is 10.2. The predicted octanol–water partition coefficient (Wildman–Crippen LogP) is 3.03. The van der Waals surface area contributed by atoms with Gasteiger partial charge in [0.15, 0.2) is 6.61 Å². The highest BCUT2D eigenvalue weighted by atomic mass is 35.5. The Hall–Kier alpha value is -1.95. The van der Waals surface area contributed by atoms with Crippen molar-refractivity contribution in [1.29, 1.82) is 0 Å². The van der Waals surface area contributed by atoms with Crippen molar-refractivity contribution in [2.75, 3.05) is 11.9 Å². The van der Waals surface area contributed by atoms with Crippen molar-refractivity contribution in [3.63, 3.8) is 0 Å². The van der Waals surface area contributed by atoms with Crippen LogP contribution >= 0.6 is 34.8 Å². The molecule has 0 unspecified atom stereocenters. The van der Waals surface area contributed by atoms with E-state index in [1.165, 1.54) is 30.3 Å². The summed E-state index contributed by atoms with van der Waals surface area (Å²) in [6.07, 6.45) is 0. The Kier molecular flexibility index (Phi) is 5.71. The van der Waals surface area contributed by atoms with E-state index in [1.807, 2.05) is 0 Å². The van der Waals surface area contributed by atoms with Gasteiger partial charge in [0.05, 0.1) is 16.7 Å². The lowest BCUT2D eigenvalue weighted by molar-refractivity contribution is -0.254. The summed E-state index contributed by atoms with van der Waals surface area (Å²) in [4.78, 5) is 22.9. The molecule has 0 saturated heterocycles. The maximum absolute atomic E-state index is 11.9. The van der Waals surface area contributed by atoms with E-state index in [9.17, 15) is 14.7 Å². The van der Waals surface area contributed by atoms with Crippen molar-refractivity contribution in [3.05, 3.63) is 57.0 Å². The Labute approximate surface area is 146 Å².